The summed E-state index contributed by atoms with van der Waals surface area (Å²) in [7, 11) is 0. The Morgan fingerprint density at radius 2 is 1.68 bits per heavy atom. The van der Waals surface area contributed by atoms with Gasteiger partial charge in [0, 0.05) is 27.5 Å². The second kappa shape index (κ2) is 8.88. The fraction of sp³-hybridized carbons (Fsp3) is 0.250. The quantitative estimate of drug-likeness (QED) is 0.549. The van der Waals surface area contributed by atoms with Crippen LogP contribution >= 0.6 is 15.9 Å². The highest BCUT2D eigenvalue weighted by Gasteiger charge is 2.23. The third kappa shape index (κ3) is 5.82. The highest BCUT2D eigenvalue weighted by Crippen LogP contribution is 2.20. The topological polar surface area (TPSA) is 99.3 Å². The van der Waals surface area contributed by atoms with Crippen LogP contribution in [0.1, 0.15) is 28.8 Å². The van der Waals surface area contributed by atoms with Crippen LogP contribution in [-0.4, -0.2) is 30.4 Å². The lowest BCUT2D eigenvalue weighted by Gasteiger charge is -2.09. The largest absolute Gasteiger partial charge is 0.343 e. The smallest absolute Gasteiger partial charge is 0.319 e. The maximum absolute atomic E-state index is 12.2. The van der Waals surface area contributed by atoms with Crippen molar-refractivity contribution >= 4 is 45.2 Å². The van der Waals surface area contributed by atoms with Crippen molar-refractivity contribution in [2.24, 2.45) is 0 Å². The Hall–Kier alpha value is -2.87. The number of halogens is 1. The Kier molecular flexibility index (Phi) is 6.30. The lowest BCUT2D eigenvalue weighted by atomic mass is 10.2. The van der Waals surface area contributed by atoms with Gasteiger partial charge >= 0.3 is 6.03 Å². The number of hydrogen-bond donors (Lipinski definition) is 4. The third-order valence-electron chi connectivity index (χ3n) is 4.17. The summed E-state index contributed by atoms with van der Waals surface area (Å²) < 4.78 is 0.960. The maximum Gasteiger partial charge on any atom is 0.319 e. The van der Waals surface area contributed by atoms with Gasteiger partial charge in [0.25, 0.3) is 5.91 Å². The summed E-state index contributed by atoms with van der Waals surface area (Å²) in [5.41, 5.74) is 2.67. The molecule has 1 fully saturated rings. The molecule has 146 valence electrons. The molecule has 1 aliphatic carbocycles. The van der Waals surface area contributed by atoms with Crippen LogP contribution in [0.5, 0.6) is 0 Å². The highest BCUT2D eigenvalue weighted by atomic mass is 79.9. The molecule has 4 N–H and O–H groups in total. The molecule has 0 atom stereocenters. The number of rotatable bonds is 6. The summed E-state index contributed by atoms with van der Waals surface area (Å²) in [5.74, 6) is -0.679. The monoisotopic (exact) mass is 444 g/mol. The van der Waals surface area contributed by atoms with Crippen LogP contribution in [-0.2, 0) is 4.79 Å². The van der Waals surface area contributed by atoms with E-state index in [1.807, 2.05) is 19.1 Å². The fourth-order valence-electron chi connectivity index (χ4n) is 2.48. The van der Waals surface area contributed by atoms with E-state index in [2.05, 4.69) is 37.2 Å². The van der Waals surface area contributed by atoms with Gasteiger partial charge in [0.05, 0.1) is 6.54 Å². The van der Waals surface area contributed by atoms with Gasteiger partial charge in [0.2, 0.25) is 5.91 Å². The summed E-state index contributed by atoms with van der Waals surface area (Å²) in [6, 6.07) is 12.0. The molecule has 0 bridgehead atoms. The molecule has 0 heterocycles. The van der Waals surface area contributed by atoms with E-state index in [0.29, 0.717) is 16.9 Å². The molecular formula is C20H21BrN4O3. The number of urea groups is 1. The molecule has 28 heavy (non-hydrogen) atoms. The second-order valence-electron chi connectivity index (χ2n) is 6.64. The van der Waals surface area contributed by atoms with Crippen molar-refractivity contribution in [2.75, 3.05) is 17.2 Å². The number of amides is 4. The van der Waals surface area contributed by atoms with Crippen molar-refractivity contribution in [1.82, 2.24) is 10.6 Å². The zero-order valence-electron chi connectivity index (χ0n) is 15.3. The van der Waals surface area contributed by atoms with Crippen LogP contribution < -0.4 is 21.3 Å². The van der Waals surface area contributed by atoms with E-state index in [0.717, 1.165) is 22.9 Å². The van der Waals surface area contributed by atoms with Gasteiger partial charge in [-0.15, -0.1) is 0 Å². The molecule has 1 saturated carbocycles. The van der Waals surface area contributed by atoms with Gasteiger partial charge in [-0.3, -0.25) is 9.59 Å². The molecule has 0 radical (unpaired) electrons. The summed E-state index contributed by atoms with van der Waals surface area (Å²) in [4.78, 5) is 35.9. The number of carbonyl (C=O) groups excluding carboxylic acids is 3. The number of hydrogen-bond acceptors (Lipinski definition) is 3. The van der Waals surface area contributed by atoms with Crippen LogP contribution in [0.25, 0.3) is 0 Å². The van der Waals surface area contributed by atoms with Gasteiger partial charge in [-0.2, -0.15) is 0 Å². The van der Waals surface area contributed by atoms with Crippen LogP contribution in [0.2, 0.25) is 0 Å². The SMILES string of the molecule is Cc1cc(NC(=O)CNC(=O)c2ccc(NC(=O)NC3CC3)cc2)ccc1Br. The minimum atomic E-state index is -0.365. The summed E-state index contributed by atoms with van der Waals surface area (Å²) in [6.07, 6.45) is 2.03. The van der Waals surface area contributed by atoms with E-state index >= 15 is 0 Å². The van der Waals surface area contributed by atoms with Crippen LogP contribution in [0.15, 0.2) is 46.9 Å². The maximum atomic E-state index is 12.2. The number of carbonyl (C=O) groups is 3. The normalized spacial score (nSPS) is 12.8. The molecule has 0 saturated heterocycles. The molecule has 2 aromatic carbocycles. The Bertz CT molecular complexity index is 895. The van der Waals surface area contributed by atoms with E-state index < -0.39 is 0 Å². The van der Waals surface area contributed by atoms with Crippen molar-refractivity contribution in [3.05, 3.63) is 58.1 Å². The molecule has 8 heteroatoms. The van der Waals surface area contributed by atoms with Gasteiger partial charge in [-0.05, 0) is 67.8 Å². The molecular weight excluding hydrogens is 424 g/mol. The van der Waals surface area contributed by atoms with Crippen molar-refractivity contribution in [1.29, 1.82) is 0 Å². The van der Waals surface area contributed by atoms with Crippen molar-refractivity contribution in [3.8, 4) is 0 Å². The molecule has 7 nitrogen and oxygen atoms in total. The van der Waals surface area contributed by atoms with Gasteiger partial charge in [-0.1, -0.05) is 15.9 Å². The summed E-state index contributed by atoms with van der Waals surface area (Å²) >= 11 is 3.41. The average molecular weight is 445 g/mol. The molecule has 1 aliphatic rings. The van der Waals surface area contributed by atoms with Gasteiger partial charge in [0.15, 0.2) is 0 Å². The first-order chi connectivity index (χ1) is 13.4. The zero-order chi connectivity index (χ0) is 20.1. The Morgan fingerprint density at radius 1 is 1.00 bits per heavy atom. The van der Waals surface area contributed by atoms with Crippen LogP contribution in [0.3, 0.4) is 0 Å². The van der Waals surface area contributed by atoms with Gasteiger partial charge < -0.3 is 21.3 Å². The second-order valence-corrected chi connectivity index (χ2v) is 7.50. The molecule has 4 amide bonds. The first-order valence-corrected chi connectivity index (χ1v) is 9.72. The standard InChI is InChI=1S/C20H21BrN4O3/c1-12-10-16(8-9-17(12)21)23-18(26)11-22-19(27)13-2-4-14(5-3-13)24-20(28)25-15-6-7-15/h2-5,8-10,15H,6-7,11H2,1H3,(H,22,27)(H,23,26)(H2,24,25,28). The molecule has 0 aliphatic heterocycles. The molecule has 0 unspecified atom stereocenters. The van der Waals surface area contributed by atoms with Gasteiger partial charge in [0.1, 0.15) is 0 Å². The predicted molar refractivity (Wildman–Crippen MR) is 111 cm³/mol. The van der Waals surface area contributed by atoms with Crippen LogP contribution in [0.4, 0.5) is 16.2 Å². The van der Waals surface area contributed by atoms with E-state index in [1.54, 1.807) is 30.3 Å². The van der Waals surface area contributed by atoms with Gasteiger partial charge in [-0.25, -0.2) is 4.79 Å². The lowest BCUT2D eigenvalue weighted by molar-refractivity contribution is -0.115. The first-order valence-electron chi connectivity index (χ1n) is 8.92. The van der Waals surface area contributed by atoms with E-state index in [4.69, 9.17) is 0 Å². The number of benzene rings is 2. The van der Waals surface area contributed by atoms with Crippen molar-refractivity contribution in [3.63, 3.8) is 0 Å². The van der Waals surface area contributed by atoms with E-state index in [9.17, 15) is 14.4 Å². The Morgan fingerprint density at radius 3 is 2.32 bits per heavy atom. The summed E-state index contributed by atoms with van der Waals surface area (Å²) in [6.45, 7) is 1.79. The van der Waals surface area contributed by atoms with Crippen LogP contribution in [0, 0.1) is 6.92 Å². The molecule has 0 aromatic heterocycles. The lowest BCUT2D eigenvalue weighted by Crippen LogP contribution is -2.33. The Labute approximate surface area is 171 Å². The summed E-state index contributed by atoms with van der Waals surface area (Å²) in [5, 5.41) is 10.9. The Balaban J connectivity index is 1.46. The predicted octanol–water partition coefficient (Wildman–Crippen LogP) is 3.41. The number of nitrogens with one attached hydrogen (secondary N) is 4. The molecule has 0 spiro atoms. The first kappa shape index (κ1) is 19.9. The van der Waals surface area contributed by atoms with Crippen molar-refractivity contribution in [2.45, 2.75) is 25.8 Å². The zero-order valence-corrected chi connectivity index (χ0v) is 16.9. The average Bonchev–Trinajstić information content (AvgIpc) is 3.47. The molecule has 3 rings (SSSR count). The number of anilines is 2. The number of aryl methyl sites for hydroxylation is 1. The fourth-order valence-corrected chi connectivity index (χ4v) is 2.72. The van der Waals surface area contributed by atoms with E-state index in [-0.39, 0.29) is 30.4 Å². The van der Waals surface area contributed by atoms with Crippen molar-refractivity contribution < 1.29 is 14.4 Å². The van der Waals surface area contributed by atoms with E-state index in [1.165, 1.54) is 0 Å². The minimum absolute atomic E-state index is 0.141. The molecule has 2 aromatic rings. The third-order valence-corrected chi connectivity index (χ3v) is 5.06. The minimum Gasteiger partial charge on any atom is -0.343 e. The highest BCUT2D eigenvalue weighted by molar-refractivity contribution is 9.10.